The van der Waals surface area contributed by atoms with E-state index in [0.29, 0.717) is 6.61 Å². The molecule has 0 bridgehead atoms. The molecule has 1 atom stereocenters. The van der Waals surface area contributed by atoms with E-state index >= 15 is 0 Å². The summed E-state index contributed by atoms with van der Waals surface area (Å²) in [4.78, 5) is 0. The quantitative estimate of drug-likeness (QED) is 0.754. The second-order valence-corrected chi connectivity index (χ2v) is 5.66. The fourth-order valence-corrected chi connectivity index (χ4v) is 3.26. The minimum absolute atomic E-state index is 0.0149. The van der Waals surface area contributed by atoms with Crippen molar-refractivity contribution in [2.24, 2.45) is 5.73 Å². The molecule has 0 aliphatic heterocycles. The summed E-state index contributed by atoms with van der Waals surface area (Å²) >= 11 is 1.75. The molecule has 0 aliphatic carbocycles. The molecule has 1 aromatic heterocycles. The number of ether oxygens (including phenoxy) is 1. The first kappa shape index (κ1) is 13.2. The minimum atomic E-state index is 0.0149. The normalized spacial score (nSPS) is 12.4. The lowest BCUT2D eigenvalue weighted by Crippen LogP contribution is -2.14. The van der Waals surface area contributed by atoms with Crippen molar-refractivity contribution in [2.45, 2.75) is 12.5 Å². The van der Waals surface area contributed by atoms with E-state index < -0.39 is 0 Å². The Kier molecular flexibility index (Phi) is 4.00. The van der Waals surface area contributed by atoms with Crippen molar-refractivity contribution < 1.29 is 4.74 Å². The van der Waals surface area contributed by atoms with Gasteiger partial charge in [0.1, 0.15) is 5.75 Å². The first-order chi connectivity index (χ1) is 9.84. The first-order valence-corrected chi connectivity index (χ1v) is 7.62. The SMILES string of the molecule is NC(CCOc1ccccc1)c1cccc2ccsc12. The van der Waals surface area contributed by atoms with Gasteiger partial charge in [-0.1, -0.05) is 36.4 Å². The summed E-state index contributed by atoms with van der Waals surface area (Å²) in [6, 6.07) is 18.3. The summed E-state index contributed by atoms with van der Waals surface area (Å²) in [5.74, 6) is 0.897. The fraction of sp³-hybridized carbons (Fsp3) is 0.176. The Bertz CT molecular complexity index is 678. The Morgan fingerprint density at radius 3 is 2.70 bits per heavy atom. The van der Waals surface area contributed by atoms with Crippen LogP contribution in [-0.2, 0) is 0 Å². The molecule has 1 unspecified atom stereocenters. The van der Waals surface area contributed by atoms with Gasteiger partial charge in [-0.15, -0.1) is 11.3 Å². The number of hydrogen-bond acceptors (Lipinski definition) is 3. The lowest BCUT2D eigenvalue weighted by atomic mass is 10.0. The van der Waals surface area contributed by atoms with Gasteiger partial charge in [-0.25, -0.2) is 0 Å². The monoisotopic (exact) mass is 283 g/mol. The van der Waals surface area contributed by atoms with Gasteiger partial charge in [-0.2, -0.15) is 0 Å². The van der Waals surface area contributed by atoms with E-state index in [-0.39, 0.29) is 6.04 Å². The molecule has 2 nitrogen and oxygen atoms in total. The molecule has 0 saturated carbocycles. The molecular formula is C17H17NOS. The third kappa shape index (κ3) is 2.84. The molecule has 1 heterocycles. The van der Waals surface area contributed by atoms with Gasteiger partial charge in [0, 0.05) is 17.2 Å². The minimum Gasteiger partial charge on any atom is -0.494 e. The lowest BCUT2D eigenvalue weighted by Gasteiger charge is -2.14. The van der Waals surface area contributed by atoms with Crippen LogP contribution in [0.2, 0.25) is 0 Å². The molecule has 0 spiro atoms. The van der Waals surface area contributed by atoms with Crippen molar-refractivity contribution in [1.29, 1.82) is 0 Å². The number of hydrogen-bond donors (Lipinski definition) is 1. The van der Waals surface area contributed by atoms with Gasteiger partial charge in [-0.3, -0.25) is 0 Å². The molecule has 3 heteroatoms. The van der Waals surface area contributed by atoms with Crippen LogP contribution in [0.5, 0.6) is 5.75 Å². The Balaban J connectivity index is 1.64. The van der Waals surface area contributed by atoms with Crippen LogP contribution in [0, 0.1) is 0 Å². The third-order valence-corrected chi connectivity index (χ3v) is 4.33. The van der Waals surface area contributed by atoms with E-state index in [9.17, 15) is 0 Å². The number of para-hydroxylation sites is 1. The van der Waals surface area contributed by atoms with Gasteiger partial charge >= 0.3 is 0 Å². The average molecular weight is 283 g/mol. The molecular weight excluding hydrogens is 266 g/mol. The van der Waals surface area contributed by atoms with E-state index in [1.807, 2.05) is 30.3 Å². The zero-order valence-electron chi connectivity index (χ0n) is 11.2. The highest BCUT2D eigenvalue weighted by molar-refractivity contribution is 7.17. The molecule has 20 heavy (non-hydrogen) atoms. The molecule has 0 aliphatic rings. The second kappa shape index (κ2) is 6.07. The van der Waals surface area contributed by atoms with Gasteiger partial charge in [0.2, 0.25) is 0 Å². The molecule has 2 N–H and O–H groups in total. The average Bonchev–Trinajstić information content (AvgIpc) is 2.96. The largest absolute Gasteiger partial charge is 0.494 e. The Morgan fingerprint density at radius 2 is 1.85 bits per heavy atom. The van der Waals surface area contributed by atoms with Crippen LogP contribution in [-0.4, -0.2) is 6.61 Å². The summed E-state index contributed by atoms with van der Waals surface area (Å²) in [7, 11) is 0. The summed E-state index contributed by atoms with van der Waals surface area (Å²) in [5, 5.41) is 3.38. The van der Waals surface area contributed by atoms with Crippen LogP contribution in [0.15, 0.2) is 60.0 Å². The standard InChI is InChI=1S/C17H17NOS/c18-16(9-11-19-14-6-2-1-3-7-14)15-8-4-5-13-10-12-20-17(13)15/h1-8,10,12,16H,9,11,18H2. The third-order valence-electron chi connectivity index (χ3n) is 3.35. The summed E-state index contributed by atoms with van der Waals surface area (Å²) < 4.78 is 7.01. The Hall–Kier alpha value is -1.84. The topological polar surface area (TPSA) is 35.2 Å². The van der Waals surface area contributed by atoms with E-state index in [1.54, 1.807) is 11.3 Å². The predicted octanol–water partition coefficient (Wildman–Crippen LogP) is 4.37. The zero-order chi connectivity index (χ0) is 13.8. The predicted molar refractivity (Wildman–Crippen MR) is 85.3 cm³/mol. The van der Waals surface area contributed by atoms with Crippen LogP contribution in [0.25, 0.3) is 10.1 Å². The molecule has 102 valence electrons. The van der Waals surface area contributed by atoms with Crippen molar-refractivity contribution in [2.75, 3.05) is 6.61 Å². The van der Waals surface area contributed by atoms with E-state index in [0.717, 1.165) is 12.2 Å². The number of fused-ring (bicyclic) bond motifs is 1. The highest BCUT2D eigenvalue weighted by Crippen LogP contribution is 2.29. The maximum Gasteiger partial charge on any atom is 0.119 e. The molecule has 3 rings (SSSR count). The summed E-state index contributed by atoms with van der Waals surface area (Å²) in [5.41, 5.74) is 7.53. The molecule has 2 aromatic carbocycles. The first-order valence-electron chi connectivity index (χ1n) is 6.74. The highest BCUT2D eigenvalue weighted by Gasteiger charge is 2.10. The van der Waals surface area contributed by atoms with E-state index in [4.69, 9.17) is 10.5 Å². The maximum absolute atomic E-state index is 6.31. The van der Waals surface area contributed by atoms with Crippen LogP contribution in [0.3, 0.4) is 0 Å². The van der Waals surface area contributed by atoms with Crippen LogP contribution in [0.4, 0.5) is 0 Å². The highest BCUT2D eigenvalue weighted by atomic mass is 32.1. The number of rotatable bonds is 5. The van der Waals surface area contributed by atoms with Crippen LogP contribution < -0.4 is 10.5 Å². The lowest BCUT2D eigenvalue weighted by molar-refractivity contribution is 0.299. The molecule has 3 aromatic rings. The Morgan fingerprint density at radius 1 is 1.00 bits per heavy atom. The van der Waals surface area contributed by atoms with Crippen molar-refractivity contribution in [3.63, 3.8) is 0 Å². The Labute approximate surface area is 122 Å². The van der Waals surface area contributed by atoms with Crippen molar-refractivity contribution >= 4 is 21.4 Å². The van der Waals surface area contributed by atoms with Crippen molar-refractivity contribution in [3.8, 4) is 5.75 Å². The molecule has 0 fully saturated rings. The van der Waals surface area contributed by atoms with Gasteiger partial charge < -0.3 is 10.5 Å². The number of benzene rings is 2. The van der Waals surface area contributed by atoms with E-state index in [2.05, 4.69) is 29.6 Å². The van der Waals surface area contributed by atoms with Crippen molar-refractivity contribution in [1.82, 2.24) is 0 Å². The smallest absolute Gasteiger partial charge is 0.119 e. The van der Waals surface area contributed by atoms with Crippen molar-refractivity contribution in [3.05, 3.63) is 65.5 Å². The van der Waals surface area contributed by atoms with Crippen LogP contribution in [0.1, 0.15) is 18.0 Å². The maximum atomic E-state index is 6.31. The van der Waals surface area contributed by atoms with Gasteiger partial charge in [0.25, 0.3) is 0 Å². The van der Waals surface area contributed by atoms with Gasteiger partial charge in [-0.05, 0) is 34.5 Å². The van der Waals surface area contributed by atoms with E-state index in [1.165, 1.54) is 15.6 Å². The number of thiophene rings is 1. The number of nitrogens with two attached hydrogens (primary N) is 1. The fourth-order valence-electron chi connectivity index (χ4n) is 2.28. The zero-order valence-corrected chi connectivity index (χ0v) is 12.0. The van der Waals surface area contributed by atoms with Crippen LogP contribution >= 0.6 is 11.3 Å². The summed E-state index contributed by atoms with van der Waals surface area (Å²) in [6.07, 6.45) is 0.811. The summed E-state index contributed by atoms with van der Waals surface area (Å²) in [6.45, 7) is 0.632. The van der Waals surface area contributed by atoms with Gasteiger partial charge in [0.15, 0.2) is 0 Å². The van der Waals surface area contributed by atoms with Gasteiger partial charge in [0.05, 0.1) is 6.61 Å². The molecule has 0 amide bonds. The molecule has 0 saturated heterocycles. The second-order valence-electron chi connectivity index (χ2n) is 4.74. The molecule has 0 radical (unpaired) electrons.